The largest absolute Gasteiger partial charge is 0.352 e. The standard InChI is InChI=1S/C14H17N5O2/c1-2-18(11-5-6-15-8-11)14-12-7-10(19(20)21)3-4-13(12)16-9-17-14/h3-4,7,9,11,15H,2,5-6,8H2,1H3. The Hall–Kier alpha value is -2.28. The number of benzene rings is 1. The number of anilines is 1. The summed E-state index contributed by atoms with van der Waals surface area (Å²) in [5.41, 5.74) is 0.800. The highest BCUT2D eigenvalue weighted by molar-refractivity contribution is 5.91. The molecule has 2 heterocycles. The van der Waals surface area contributed by atoms with Crippen LogP contribution in [0.2, 0.25) is 0 Å². The van der Waals surface area contributed by atoms with Gasteiger partial charge >= 0.3 is 0 Å². The molecule has 7 heteroatoms. The summed E-state index contributed by atoms with van der Waals surface area (Å²) in [6, 6.07) is 5.09. The van der Waals surface area contributed by atoms with E-state index in [1.807, 2.05) is 0 Å². The summed E-state index contributed by atoms with van der Waals surface area (Å²) in [5, 5.41) is 15.1. The number of nitrogens with one attached hydrogen (secondary N) is 1. The average molecular weight is 287 g/mol. The van der Waals surface area contributed by atoms with Gasteiger partial charge in [-0.2, -0.15) is 0 Å². The van der Waals surface area contributed by atoms with Gasteiger partial charge in [0.05, 0.1) is 10.4 Å². The molecule has 0 radical (unpaired) electrons. The van der Waals surface area contributed by atoms with E-state index < -0.39 is 0 Å². The van der Waals surface area contributed by atoms with Crippen molar-refractivity contribution in [2.75, 3.05) is 24.5 Å². The third kappa shape index (κ3) is 2.52. The van der Waals surface area contributed by atoms with E-state index in [1.54, 1.807) is 12.1 Å². The van der Waals surface area contributed by atoms with Gasteiger partial charge in [0.1, 0.15) is 12.1 Å². The Labute approximate surface area is 122 Å². The maximum atomic E-state index is 11.0. The predicted molar refractivity (Wildman–Crippen MR) is 80.5 cm³/mol. The molecule has 1 N–H and O–H groups in total. The fraction of sp³-hybridized carbons (Fsp3) is 0.429. The van der Waals surface area contributed by atoms with Crippen LogP contribution in [0.3, 0.4) is 0 Å². The molecule has 0 amide bonds. The zero-order chi connectivity index (χ0) is 14.8. The van der Waals surface area contributed by atoms with Gasteiger partial charge in [-0.1, -0.05) is 0 Å². The van der Waals surface area contributed by atoms with Crippen LogP contribution < -0.4 is 10.2 Å². The first kappa shape index (κ1) is 13.7. The van der Waals surface area contributed by atoms with Crippen LogP contribution >= 0.6 is 0 Å². The number of nitrogens with zero attached hydrogens (tertiary/aromatic N) is 4. The van der Waals surface area contributed by atoms with Crippen molar-refractivity contribution < 1.29 is 4.92 Å². The maximum absolute atomic E-state index is 11.0. The number of likely N-dealkylation sites (N-methyl/N-ethyl adjacent to an activating group) is 1. The molecule has 0 spiro atoms. The van der Waals surface area contributed by atoms with E-state index in [0.717, 1.165) is 42.8 Å². The van der Waals surface area contributed by atoms with Crippen molar-refractivity contribution >= 4 is 22.4 Å². The first-order chi connectivity index (χ1) is 10.2. The molecule has 3 rings (SSSR count). The molecule has 1 saturated heterocycles. The molecule has 1 aromatic carbocycles. The minimum atomic E-state index is -0.385. The molecule has 1 aliphatic heterocycles. The Morgan fingerprint density at radius 2 is 2.33 bits per heavy atom. The van der Waals surface area contributed by atoms with Crippen molar-refractivity contribution in [3.05, 3.63) is 34.6 Å². The zero-order valence-electron chi connectivity index (χ0n) is 11.8. The quantitative estimate of drug-likeness (QED) is 0.681. The summed E-state index contributed by atoms with van der Waals surface area (Å²) in [4.78, 5) is 21.4. The van der Waals surface area contributed by atoms with Gasteiger partial charge in [0.15, 0.2) is 0 Å². The van der Waals surface area contributed by atoms with Gasteiger partial charge in [-0.15, -0.1) is 0 Å². The Balaban J connectivity index is 2.11. The van der Waals surface area contributed by atoms with Crippen molar-refractivity contribution in [2.45, 2.75) is 19.4 Å². The van der Waals surface area contributed by atoms with Crippen LogP contribution in [-0.4, -0.2) is 40.6 Å². The SMILES string of the molecule is CCN(c1ncnc2ccc([N+](=O)[O-])cc12)C1CCNC1. The van der Waals surface area contributed by atoms with Crippen molar-refractivity contribution in [2.24, 2.45) is 0 Å². The van der Waals surface area contributed by atoms with E-state index in [2.05, 4.69) is 27.1 Å². The van der Waals surface area contributed by atoms with Crippen LogP contribution in [0.4, 0.5) is 11.5 Å². The normalized spacial score (nSPS) is 18.0. The lowest BCUT2D eigenvalue weighted by Crippen LogP contribution is -2.37. The number of aromatic nitrogens is 2. The first-order valence-corrected chi connectivity index (χ1v) is 7.07. The summed E-state index contributed by atoms with van der Waals surface area (Å²) >= 11 is 0. The number of fused-ring (bicyclic) bond motifs is 1. The van der Waals surface area contributed by atoms with Gasteiger partial charge < -0.3 is 10.2 Å². The van der Waals surface area contributed by atoms with Crippen LogP contribution in [0.1, 0.15) is 13.3 Å². The third-order valence-corrected chi connectivity index (χ3v) is 3.90. The van der Waals surface area contributed by atoms with E-state index in [1.165, 1.54) is 12.4 Å². The number of hydrogen-bond acceptors (Lipinski definition) is 6. The molecular weight excluding hydrogens is 270 g/mol. The van der Waals surface area contributed by atoms with Crippen molar-refractivity contribution in [1.29, 1.82) is 0 Å². The van der Waals surface area contributed by atoms with Gasteiger partial charge in [0.25, 0.3) is 5.69 Å². The second kappa shape index (κ2) is 5.61. The molecular formula is C14H17N5O2. The van der Waals surface area contributed by atoms with Crippen molar-refractivity contribution in [1.82, 2.24) is 15.3 Å². The minimum absolute atomic E-state index is 0.0687. The molecule has 0 bridgehead atoms. The van der Waals surface area contributed by atoms with E-state index in [9.17, 15) is 10.1 Å². The maximum Gasteiger partial charge on any atom is 0.270 e. The highest BCUT2D eigenvalue weighted by Crippen LogP contribution is 2.28. The summed E-state index contributed by atoms with van der Waals surface area (Å²) in [5.74, 6) is 0.778. The molecule has 1 atom stereocenters. The monoisotopic (exact) mass is 287 g/mol. The number of non-ortho nitro benzene ring substituents is 1. The zero-order valence-corrected chi connectivity index (χ0v) is 11.8. The lowest BCUT2D eigenvalue weighted by atomic mass is 10.1. The fourth-order valence-corrected chi connectivity index (χ4v) is 2.86. The molecule has 1 fully saturated rings. The van der Waals surface area contributed by atoms with E-state index in [4.69, 9.17) is 0 Å². The molecule has 1 aliphatic rings. The molecule has 0 saturated carbocycles. The average Bonchev–Trinajstić information content (AvgIpc) is 3.02. The van der Waals surface area contributed by atoms with Crippen molar-refractivity contribution in [3.8, 4) is 0 Å². The van der Waals surface area contributed by atoms with Gasteiger partial charge in [0, 0.05) is 36.7 Å². The minimum Gasteiger partial charge on any atom is -0.352 e. The summed E-state index contributed by atoms with van der Waals surface area (Å²) in [6.45, 7) is 4.78. The first-order valence-electron chi connectivity index (χ1n) is 7.07. The summed E-state index contributed by atoms with van der Waals surface area (Å²) in [7, 11) is 0. The van der Waals surface area contributed by atoms with Gasteiger partial charge in [-0.05, 0) is 26.0 Å². The summed E-state index contributed by atoms with van der Waals surface area (Å²) < 4.78 is 0. The van der Waals surface area contributed by atoms with Crippen LogP contribution in [0.15, 0.2) is 24.5 Å². The molecule has 1 aromatic heterocycles. The van der Waals surface area contributed by atoms with E-state index in [0.29, 0.717) is 6.04 Å². The third-order valence-electron chi connectivity index (χ3n) is 3.90. The second-order valence-electron chi connectivity index (χ2n) is 5.09. The second-order valence-corrected chi connectivity index (χ2v) is 5.09. The lowest BCUT2D eigenvalue weighted by Gasteiger charge is -2.29. The predicted octanol–water partition coefficient (Wildman–Crippen LogP) is 1.73. The highest BCUT2D eigenvalue weighted by Gasteiger charge is 2.24. The fourth-order valence-electron chi connectivity index (χ4n) is 2.86. The van der Waals surface area contributed by atoms with Gasteiger partial charge in [-0.25, -0.2) is 9.97 Å². The lowest BCUT2D eigenvalue weighted by molar-refractivity contribution is -0.384. The molecule has 2 aromatic rings. The van der Waals surface area contributed by atoms with Gasteiger partial charge in [0.2, 0.25) is 0 Å². The Morgan fingerprint density at radius 1 is 1.48 bits per heavy atom. The molecule has 1 unspecified atom stereocenters. The van der Waals surface area contributed by atoms with Crippen LogP contribution in [0, 0.1) is 10.1 Å². The van der Waals surface area contributed by atoms with Crippen LogP contribution in [0.5, 0.6) is 0 Å². The number of rotatable bonds is 4. The highest BCUT2D eigenvalue weighted by atomic mass is 16.6. The smallest absolute Gasteiger partial charge is 0.270 e. The van der Waals surface area contributed by atoms with Crippen LogP contribution in [-0.2, 0) is 0 Å². The molecule has 0 aliphatic carbocycles. The van der Waals surface area contributed by atoms with Gasteiger partial charge in [-0.3, -0.25) is 10.1 Å². The van der Waals surface area contributed by atoms with Crippen LogP contribution in [0.25, 0.3) is 10.9 Å². The number of hydrogen-bond donors (Lipinski definition) is 1. The Kier molecular flexibility index (Phi) is 3.66. The molecule has 7 nitrogen and oxygen atoms in total. The van der Waals surface area contributed by atoms with Crippen molar-refractivity contribution in [3.63, 3.8) is 0 Å². The van der Waals surface area contributed by atoms with E-state index in [-0.39, 0.29) is 10.6 Å². The van der Waals surface area contributed by atoms with E-state index >= 15 is 0 Å². The Morgan fingerprint density at radius 3 is 3.00 bits per heavy atom. The Bertz CT molecular complexity index is 669. The number of nitro groups is 1. The molecule has 21 heavy (non-hydrogen) atoms. The topological polar surface area (TPSA) is 84.2 Å². The summed E-state index contributed by atoms with van der Waals surface area (Å²) in [6.07, 6.45) is 2.57. The molecule has 110 valence electrons. The number of nitro benzene ring substituents is 1.